The van der Waals surface area contributed by atoms with Crippen molar-refractivity contribution in [2.75, 3.05) is 58.9 Å². The molecule has 5 fully saturated rings. The molecule has 0 radical (unpaired) electrons. The predicted octanol–water partition coefficient (Wildman–Crippen LogP) is 11.0. The molecule has 0 aromatic rings. The van der Waals surface area contributed by atoms with Crippen LogP contribution in [0.1, 0.15) is 189 Å². The van der Waals surface area contributed by atoms with E-state index in [1.165, 1.54) is 142 Å². The van der Waals surface area contributed by atoms with Crippen molar-refractivity contribution in [2.45, 2.75) is 226 Å². The lowest BCUT2D eigenvalue weighted by Gasteiger charge is -2.29. The number of nitrogens with zero attached hydrogens (tertiary/aromatic N) is 5. The molecule has 0 aromatic heterocycles. The Labute approximate surface area is 324 Å². The summed E-state index contributed by atoms with van der Waals surface area (Å²) in [5.74, 6) is 0. The predicted molar refractivity (Wildman–Crippen MR) is 230 cm³/mol. The summed E-state index contributed by atoms with van der Waals surface area (Å²) in [4.78, 5) is 29.0. The van der Waals surface area contributed by atoms with Crippen LogP contribution in [0, 0.1) is 0 Å². The van der Waals surface area contributed by atoms with Crippen molar-refractivity contribution in [3.63, 3.8) is 0 Å². The van der Waals surface area contributed by atoms with Gasteiger partial charge in [-0.25, -0.2) is 0 Å². The SMILES string of the molecule is C.C.C.C.CC(C)N1CCCC1.CC(C)N1CCCC1C.CC(C)N1CCCCC1.CC(C)N1CCCCC1.CC(C)N1CCCCC1.O=C=O. The molecule has 5 heterocycles. The van der Waals surface area contributed by atoms with Gasteiger partial charge in [-0.3, -0.25) is 4.90 Å². The van der Waals surface area contributed by atoms with Crippen LogP contribution < -0.4 is 0 Å². The molecule has 7 heteroatoms. The lowest BCUT2D eigenvalue weighted by Crippen LogP contribution is -2.35. The first-order valence-electron chi connectivity index (χ1n) is 20.1. The van der Waals surface area contributed by atoms with E-state index in [2.05, 4.69) is 101 Å². The van der Waals surface area contributed by atoms with Gasteiger partial charge in [-0.15, -0.1) is 0 Å². The molecule has 5 rings (SSSR count). The van der Waals surface area contributed by atoms with Crippen LogP contribution in [0.15, 0.2) is 0 Å². The lowest BCUT2D eigenvalue weighted by molar-refractivity contribution is -0.191. The topological polar surface area (TPSA) is 50.3 Å². The molecular formula is C44H99N5O2. The highest BCUT2D eigenvalue weighted by molar-refractivity contribution is 5.20. The largest absolute Gasteiger partial charge is 0.373 e. The van der Waals surface area contributed by atoms with Gasteiger partial charge in [-0.2, -0.15) is 9.59 Å². The first kappa shape index (κ1) is 59.5. The fourth-order valence-corrected chi connectivity index (χ4v) is 7.28. The number of carbonyl (C=O) groups excluding carboxylic acids is 2. The van der Waals surface area contributed by atoms with Crippen LogP contribution in [0.2, 0.25) is 0 Å². The van der Waals surface area contributed by atoms with Gasteiger partial charge < -0.3 is 19.6 Å². The first-order chi connectivity index (χ1) is 22.3. The number of hydrogen-bond acceptors (Lipinski definition) is 7. The molecule has 5 aliphatic rings. The quantitative estimate of drug-likeness (QED) is 0.279. The molecular weight excluding hydrogens is 631 g/mol. The number of rotatable bonds is 5. The van der Waals surface area contributed by atoms with E-state index in [9.17, 15) is 0 Å². The van der Waals surface area contributed by atoms with Gasteiger partial charge in [0.05, 0.1) is 0 Å². The molecule has 51 heavy (non-hydrogen) atoms. The summed E-state index contributed by atoms with van der Waals surface area (Å²) >= 11 is 0. The maximum absolute atomic E-state index is 8.12. The van der Waals surface area contributed by atoms with Gasteiger partial charge in [-0.1, -0.05) is 49.0 Å². The van der Waals surface area contributed by atoms with E-state index < -0.39 is 0 Å². The van der Waals surface area contributed by atoms with Gasteiger partial charge >= 0.3 is 6.15 Å². The summed E-state index contributed by atoms with van der Waals surface area (Å²) < 4.78 is 0. The van der Waals surface area contributed by atoms with E-state index >= 15 is 0 Å². The Hall–Kier alpha value is -0.820. The summed E-state index contributed by atoms with van der Waals surface area (Å²) in [5.41, 5.74) is 0. The van der Waals surface area contributed by atoms with Crippen molar-refractivity contribution in [1.29, 1.82) is 0 Å². The van der Waals surface area contributed by atoms with E-state index in [0.717, 1.165) is 36.3 Å². The second-order valence-corrected chi connectivity index (χ2v) is 15.8. The van der Waals surface area contributed by atoms with E-state index in [0.29, 0.717) is 0 Å². The fourth-order valence-electron chi connectivity index (χ4n) is 7.28. The van der Waals surface area contributed by atoms with Gasteiger partial charge in [-0.05, 0) is 199 Å². The van der Waals surface area contributed by atoms with Crippen molar-refractivity contribution in [3.8, 4) is 0 Å². The molecule has 0 bridgehead atoms. The zero-order chi connectivity index (χ0) is 35.6. The number of hydrogen-bond donors (Lipinski definition) is 0. The summed E-state index contributed by atoms with van der Waals surface area (Å²) in [6, 6.07) is 4.67. The first-order valence-corrected chi connectivity index (χ1v) is 20.1. The van der Waals surface area contributed by atoms with Crippen molar-refractivity contribution in [2.24, 2.45) is 0 Å². The van der Waals surface area contributed by atoms with Crippen LogP contribution in [-0.4, -0.2) is 126 Å². The second-order valence-electron chi connectivity index (χ2n) is 15.8. The normalized spacial score (nSPS) is 21.2. The minimum Gasteiger partial charge on any atom is -0.301 e. The molecule has 0 spiro atoms. The minimum atomic E-state index is 0. The highest BCUT2D eigenvalue weighted by Gasteiger charge is 2.21. The maximum atomic E-state index is 8.12. The Balaban J connectivity index is -0.000000166. The third-order valence-corrected chi connectivity index (χ3v) is 10.5. The molecule has 5 aliphatic heterocycles. The monoisotopic (exact) mass is 730 g/mol. The van der Waals surface area contributed by atoms with Crippen molar-refractivity contribution >= 4 is 6.15 Å². The Kier molecular flexibility index (Phi) is 43.7. The van der Waals surface area contributed by atoms with Gasteiger partial charge in [0.2, 0.25) is 0 Å². The molecule has 5 saturated heterocycles. The smallest absolute Gasteiger partial charge is 0.301 e. The Bertz CT molecular complexity index is 663. The molecule has 0 aromatic carbocycles. The molecule has 1 atom stereocenters. The molecule has 7 nitrogen and oxygen atoms in total. The van der Waals surface area contributed by atoms with E-state index in [4.69, 9.17) is 9.59 Å². The Morgan fingerprint density at radius 2 is 0.588 bits per heavy atom. The Morgan fingerprint density at radius 1 is 0.373 bits per heavy atom. The van der Waals surface area contributed by atoms with E-state index in [-0.39, 0.29) is 35.9 Å². The third-order valence-electron chi connectivity index (χ3n) is 10.5. The van der Waals surface area contributed by atoms with Crippen LogP contribution in [0.4, 0.5) is 0 Å². The average molecular weight is 730 g/mol. The van der Waals surface area contributed by atoms with Gasteiger partial charge in [0.1, 0.15) is 0 Å². The van der Waals surface area contributed by atoms with Crippen LogP contribution in [0.3, 0.4) is 0 Å². The summed E-state index contributed by atoms with van der Waals surface area (Å²) in [6.07, 6.45) is 18.7. The zero-order valence-electron chi connectivity index (χ0n) is 33.6. The molecule has 0 saturated carbocycles. The van der Waals surface area contributed by atoms with Crippen LogP contribution in [0.25, 0.3) is 0 Å². The average Bonchev–Trinajstić information content (AvgIpc) is 3.77. The number of likely N-dealkylation sites (tertiary alicyclic amines) is 5. The third kappa shape index (κ3) is 30.2. The zero-order valence-corrected chi connectivity index (χ0v) is 33.6. The van der Waals surface area contributed by atoms with Gasteiger partial charge in [0.15, 0.2) is 0 Å². The van der Waals surface area contributed by atoms with Crippen molar-refractivity contribution < 1.29 is 9.59 Å². The minimum absolute atomic E-state index is 0. The Morgan fingerprint density at radius 3 is 0.706 bits per heavy atom. The summed E-state index contributed by atoms with van der Waals surface area (Å²) in [6.45, 7) is 37.1. The molecule has 0 aliphatic carbocycles. The molecule has 0 amide bonds. The van der Waals surface area contributed by atoms with Crippen LogP contribution in [-0.2, 0) is 9.59 Å². The standard InChI is InChI=1S/4C8H17N.C7H15N.CO2.4CH4/c1-7(2)9-6-4-5-8(9)3;3*1-8(2)9-6-4-3-5-7-9;1-7(2)8-5-3-4-6-8;2-1-3;;;;/h7-8H,4-6H2,1-3H3;3*8H,3-7H2,1-2H3;7H,3-6H2,1-2H3;;4*1H4. The second kappa shape index (κ2) is 37.5. The highest BCUT2D eigenvalue weighted by atomic mass is 16.2. The fraction of sp³-hybridized carbons (Fsp3) is 0.977. The summed E-state index contributed by atoms with van der Waals surface area (Å²) in [5, 5.41) is 0. The van der Waals surface area contributed by atoms with Gasteiger partial charge in [0, 0.05) is 36.3 Å². The van der Waals surface area contributed by atoms with Crippen molar-refractivity contribution in [1.82, 2.24) is 24.5 Å². The van der Waals surface area contributed by atoms with E-state index in [1.54, 1.807) is 0 Å². The highest BCUT2D eigenvalue weighted by Crippen LogP contribution is 2.18. The van der Waals surface area contributed by atoms with E-state index in [1.807, 2.05) is 0 Å². The maximum Gasteiger partial charge on any atom is 0.373 e. The van der Waals surface area contributed by atoms with Crippen molar-refractivity contribution in [3.05, 3.63) is 0 Å². The number of piperidine rings is 3. The molecule has 0 N–H and O–H groups in total. The summed E-state index contributed by atoms with van der Waals surface area (Å²) in [7, 11) is 0. The van der Waals surface area contributed by atoms with Gasteiger partial charge in [0.25, 0.3) is 0 Å². The molecule has 312 valence electrons. The van der Waals surface area contributed by atoms with Crippen LogP contribution in [0.5, 0.6) is 0 Å². The van der Waals surface area contributed by atoms with Crippen LogP contribution >= 0.6 is 0 Å². The molecule has 1 unspecified atom stereocenters. The lowest BCUT2D eigenvalue weighted by atomic mass is 10.1.